The number of nitrogens with one attached hydrogen (secondary N) is 1. The summed E-state index contributed by atoms with van der Waals surface area (Å²) in [5, 5.41) is 11.6. The Bertz CT molecular complexity index is 926. The lowest BCUT2D eigenvalue weighted by Crippen LogP contribution is -2.51. The molecule has 4 rings (SSSR count). The van der Waals surface area contributed by atoms with E-state index in [-0.39, 0.29) is 24.0 Å². The van der Waals surface area contributed by atoms with E-state index < -0.39 is 5.97 Å². The number of rotatable bonds is 12. The summed E-state index contributed by atoms with van der Waals surface area (Å²) in [7, 11) is 0. The van der Waals surface area contributed by atoms with Gasteiger partial charge in [-0.1, -0.05) is 50.8 Å². The zero-order chi connectivity index (χ0) is 28.2. The first-order chi connectivity index (χ1) is 18.5. The Hall–Kier alpha value is -1.78. The molecule has 8 unspecified atom stereocenters. The van der Waals surface area contributed by atoms with Crippen molar-refractivity contribution >= 4 is 12.1 Å². The van der Waals surface area contributed by atoms with E-state index in [1.807, 2.05) is 0 Å². The SMILES string of the molecule is C=C(C)CCCC(C)C1CCC2C3CC=C4CC(OC(=O)NCCCCCC(=O)O)CCC4(C)C3CCC12C. The summed E-state index contributed by atoms with van der Waals surface area (Å²) < 4.78 is 5.85. The number of hydrogen-bond donors (Lipinski definition) is 2. The second-order valence-corrected chi connectivity index (χ2v) is 14.2. The summed E-state index contributed by atoms with van der Waals surface area (Å²) in [5.41, 5.74) is 3.63. The fourth-order valence-corrected chi connectivity index (χ4v) is 9.59. The average molecular weight is 542 g/mol. The molecule has 39 heavy (non-hydrogen) atoms. The highest BCUT2D eigenvalue weighted by molar-refractivity contribution is 5.67. The lowest BCUT2D eigenvalue weighted by atomic mass is 9.47. The van der Waals surface area contributed by atoms with Crippen molar-refractivity contribution < 1.29 is 19.4 Å². The van der Waals surface area contributed by atoms with Gasteiger partial charge in [-0.2, -0.15) is 0 Å². The molecule has 4 aliphatic carbocycles. The van der Waals surface area contributed by atoms with Crippen LogP contribution in [0.15, 0.2) is 23.8 Å². The molecule has 5 heteroatoms. The molecular formula is C34H55NO4. The minimum atomic E-state index is -0.760. The molecule has 0 aromatic carbocycles. The second kappa shape index (κ2) is 12.8. The molecule has 0 saturated heterocycles. The summed E-state index contributed by atoms with van der Waals surface area (Å²) in [6.45, 7) is 14.5. The molecule has 0 aliphatic heterocycles. The second-order valence-electron chi connectivity index (χ2n) is 14.2. The first kappa shape index (κ1) is 30.2. The Labute approximate surface area is 237 Å². The fourth-order valence-electron chi connectivity index (χ4n) is 9.59. The van der Waals surface area contributed by atoms with Crippen LogP contribution in [-0.2, 0) is 9.53 Å². The van der Waals surface area contributed by atoms with Gasteiger partial charge < -0.3 is 15.2 Å². The summed E-state index contributed by atoms with van der Waals surface area (Å²) in [6, 6.07) is 0. The van der Waals surface area contributed by atoms with Gasteiger partial charge in [0.2, 0.25) is 0 Å². The van der Waals surface area contributed by atoms with Crippen molar-refractivity contribution in [2.75, 3.05) is 6.54 Å². The van der Waals surface area contributed by atoms with Crippen molar-refractivity contribution in [1.82, 2.24) is 5.32 Å². The molecule has 4 aliphatic rings. The number of unbranched alkanes of at least 4 members (excludes halogenated alkanes) is 2. The van der Waals surface area contributed by atoms with Crippen molar-refractivity contribution in [3.63, 3.8) is 0 Å². The maximum Gasteiger partial charge on any atom is 0.407 e. The van der Waals surface area contributed by atoms with Gasteiger partial charge in [0.05, 0.1) is 0 Å². The monoisotopic (exact) mass is 541 g/mol. The molecule has 8 atom stereocenters. The molecular weight excluding hydrogens is 486 g/mol. The molecule has 5 nitrogen and oxygen atoms in total. The maximum atomic E-state index is 12.4. The number of fused-ring (bicyclic) bond motifs is 5. The molecule has 2 N–H and O–H groups in total. The van der Waals surface area contributed by atoms with Crippen LogP contribution in [0.1, 0.15) is 124 Å². The normalized spacial score (nSPS) is 36.1. The van der Waals surface area contributed by atoms with Gasteiger partial charge in [0.25, 0.3) is 0 Å². The third-order valence-corrected chi connectivity index (χ3v) is 11.7. The number of amides is 1. The van der Waals surface area contributed by atoms with E-state index in [9.17, 15) is 9.59 Å². The third kappa shape index (κ3) is 6.76. The van der Waals surface area contributed by atoms with Crippen LogP contribution in [0.25, 0.3) is 0 Å². The van der Waals surface area contributed by atoms with Crippen LogP contribution in [-0.4, -0.2) is 29.8 Å². The van der Waals surface area contributed by atoms with Crippen LogP contribution in [0, 0.1) is 40.4 Å². The van der Waals surface area contributed by atoms with Crippen LogP contribution in [0.5, 0.6) is 0 Å². The topological polar surface area (TPSA) is 75.6 Å². The lowest BCUT2D eigenvalue weighted by molar-refractivity contribution is -0.137. The van der Waals surface area contributed by atoms with E-state index >= 15 is 0 Å². The van der Waals surface area contributed by atoms with Crippen LogP contribution in [0.2, 0.25) is 0 Å². The van der Waals surface area contributed by atoms with E-state index in [1.165, 1.54) is 56.9 Å². The molecule has 3 saturated carbocycles. The summed E-state index contributed by atoms with van der Waals surface area (Å²) in [5.74, 6) is 3.36. The molecule has 0 radical (unpaired) electrons. The Morgan fingerprint density at radius 1 is 1.08 bits per heavy atom. The van der Waals surface area contributed by atoms with Crippen LogP contribution in [0.3, 0.4) is 0 Å². The van der Waals surface area contributed by atoms with Gasteiger partial charge in [0.1, 0.15) is 6.10 Å². The smallest absolute Gasteiger partial charge is 0.407 e. The molecule has 220 valence electrons. The van der Waals surface area contributed by atoms with Crippen molar-refractivity contribution in [2.45, 2.75) is 130 Å². The number of alkyl carbamates (subject to hydrolysis) is 1. The predicted molar refractivity (Wildman–Crippen MR) is 157 cm³/mol. The minimum absolute atomic E-state index is 0.0299. The standard InChI is InChI=1S/C34H55NO4/c1-23(2)10-9-11-24(3)28-15-16-29-27-14-13-25-22-26(39-32(38)35-21-8-6-7-12-31(36)37)17-19-33(25,4)30(27)18-20-34(28,29)5/h13,24,26-30H,1,6-12,14-22H2,2-5H3,(H,35,38)(H,36,37). The minimum Gasteiger partial charge on any atom is -0.481 e. The van der Waals surface area contributed by atoms with Gasteiger partial charge in [-0.15, -0.1) is 6.58 Å². The number of carboxylic acid groups (broad SMARTS) is 1. The van der Waals surface area contributed by atoms with Crippen LogP contribution >= 0.6 is 0 Å². The fraction of sp³-hybridized carbons (Fsp3) is 0.824. The van der Waals surface area contributed by atoms with E-state index in [0.717, 1.165) is 61.7 Å². The number of allylic oxidation sites excluding steroid dienone is 2. The number of carbonyl (C=O) groups excluding carboxylic acids is 1. The quantitative estimate of drug-likeness (QED) is 0.191. The van der Waals surface area contributed by atoms with E-state index in [0.29, 0.717) is 18.4 Å². The van der Waals surface area contributed by atoms with Gasteiger partial charge in [-0.25, -0.2) is 4.79 Å². The first-order valence-corrected chi connectivity index (χ1v) is 16.0. The molecule has 0 aromatic rings. The summed E-state index contributed by atoms with van der Waals surface area (Å²) >= 11 is 0. The number of carbonyl (C=O) groups is 2. The third-order valence-electron chi connectivity index (χ3n) is 11.7. The molecule has 1 amide bonds. The molecule has 0 heterocycles. The van der Waals surface area contributed by atoms with Crippen molar-refractivity contribution in [3.8, 4) is 0 Å². The molecule has 3 fully saturated rings. The molecule has 0 bridgehead atoms. The predicted octanol–water partition coefficient (Wildman–Crippen LogP) is 8.69. The highest BCUT2D eigenvalue weighted by atomic mass is 16.6. The Balaban J connectivity index is 1.30. The van der Waals surface area contributed by atoms with Gasteiger partial charge in [-0.3, -0.25) is 4.79 Å². The van der Waals surface area contributed by atoms with Gasteiger partial charge in [-0.05, 0) is 118 Å². The maximum absolute atomic E-state index is 12.4. The van der Waals surface area contributed by atoms with Gasteiger partial charge in [0.15, 0.2) is 0 Å². The van der Waals surface area contributed by atoms with Crippen LogP contribution < -0.4 is 5.32 Å². The van der Waals surface area contributed by atoms with Gasteiger partial charge >= 0.3 is 12.1 Å². The van der Waals surface area contributed by atoms with Gasteiger partial charge in [0, 0.05) is 19.4 Å². The lowest BCUT2D eigenvalue weighted by Gasteiger charge is -2.58. The average Bonchev–Trinajstić information content (AvgIpc) is 3.23. The van der Waals surface area contributed by atoms with Crippen LogP contribution in [0.4, 0.5) is 4.79 Å². The zero-order valence-corrected chi connectivity index (χ0v) is 25.2. The summed E-state index contributed by atoms with van der Waals surface area (Å²) in [6.07, 6.45) is 18.2. The molecule has 0 spiro atoms. The number of aliphatic carboxylic acids is 1. The largest absolute Gasteiger partial charge is 0.481 e. The Morgan fingerprint density at radius 3 is 2.62 bits per heavy atom. The number of carboxylic acids is 1. The van der Waals surface area contributed by atoms with E-state index in [2.05, 4.69) is 45.7 Å². The van der Waals surface area contributed by atoms with E-state index in [1.54, 1.807) is 5.57 Å². The van der Waals surface area contributed by atoms with Crippen molar-refractivity contribution in [3.05, 3.63) is 23.8 Å². The van der Waals surface area contributed by atoms with E-state index in [4.69, 9.17) is 9.84 Å². The van der Waals surface area contributed by atoms with Crippen molar-refractivity contribution in [1.29, 1.82) is 0 Å². The number of ether oxygens (including phenoxy) is 1. The Morgan fingerprint density at radius 2 is 1.87 bits per heavy atom. The highest BCUT2D eigenvalue weighted by Gasteiger charge is 2.59. The molecule has 0 aromatic heterocycles. The Kier molecular flexibility index (Phi) is 9.92. The van der Waals surface area contributed by atoms with Crippen molar-refractivity contribution in [2.24, 2.45) is 40.4 Å². The zero-order valence-electron chi connectivity index (χ0n) is 25.2. The highest BCUT2D eigenvalue weighted by Crippen LogP contribution is 2.67. The number of hydrogen-bond acceptors (Lipinski definition) is 3. The first-order valence-electron chi connectivity index (χ1n) is 16.0. The summed E-state index contributed by atoms with van der Waals surface area (Å²) in [4.78, 5) is 23.0.